The fraction of sp³-hybridized carbons (Fsp3) is 0.375. The molecule has 0 saturated carbocycles. The monoisotopic (exact) mass is 455 g/mol. The molecule has 3 aromatic rings. The van der Waals surface area contributed by atoms with Crippen molar-refractivity contribution in [3.05, 3.63) is 58.9 Å². The van der Waals surface area contributed by atoms with Crippen molar-refractivity contribution >= 4 is 34.3 Å². The third-order valence-corrected chi connectivity index (χ3v) is 5.91. The number of carbonyl (C=O) groups is 1. The van der Waals surface area contributed by atoms with Gasteiger partial charge in [0, 0.05) is 13.2 Å². The minimum absolute atomic E-state index is 0.111. The minimum atomic E-state index is -0.480. The number of thioether (sulfide) groups is 1. The first kappa shape index (κ1) is 23.8. The largest absolute Gasteiger partial charge is 0.495 e. The van der Waals surface area contributed by atoms with Crippen LogP contribution in [0.15, 0.2) is 58.5 Å². The molecular weight excluding hydrogens is 426 g/mol. The second-order valence-corrected chi connectivity index (χ2v) is 8.90. The topological polar surface area (TPSA) is 82.5 Å². The Hall–Kier alpha value is -2.84. The second kappa shape index (κ2) is 11.2. The summed E-state index contributed by atoms with van der Waals surface area (Å²) >= 11 is 1.26. The van der Waals surface area contributed by atoms with Gasteiger partial charge >= 0.3 is 0 Å². The number of hydrogen-bond acceptors (Lipinski definition) is 6. The van der Waals surface area contributed by atoms with Crippen LogP contribution in [-0.2, 0) is 16.1 Å². The van der Waals surface area contributed by atoms with E-state index in [0.717, 1.165) is 0 Å². The fourth-order valence-electron chi connectivity index (χ4n) is 3.17. The highest BCUT2D eigenvalue weighted by molar-refractivity contribution is 8.00. The highest BCUT2D eigenvalue weighted by atomic mass is 32.2. The van der Waals surface area contributed by atoms with Crippen LogP contribution in [-0.4, -0.2) is 40.5 Å². The van der Waals surface area contributed by atoms with Gasteiger partial charge in [-0.3, -0.25) is 14.2 Å². The molecule has 7 nitrogen and oxygen atoms in total. The average molecular weight is 456 g/mol. The number of ether oxygens (including phenoxy) is 2. The molecule has 0 bridgehead atoms. The molecule has 0 aliphatic heterocycles. The number of amides is 1. The van der Waals surface area contributed by atoms with Crippen LogP contribution in [0, 0.1) is 0 Å². The molecule has 3 rings (SSSR count). The van der Waals surface area contributed by atoms with Gasteiger partial charge in [-0.25, -0.2) is 4.98 Å². The Kier molecular flexibility index (Phi) is 8.30. The maximum atomic E-state index is 13.2. The van der Waals surface area contributed by atoms with Crippen molar-refractivity contribution in [2.75, 3.05) is 19.0 Å². The van der Waals surface area contributed by atoms with Crippen LogP contribution in [0.2, 0.25) is 0 Å². The van der Waals surface area contributed by atoms with Crippen molar-refractivity contribution in [2.24, 2.45) is 0 Å². The van der Waals surface area contributed by atoms with Gasteiger partial charge in [0.05, 0.1) is 35.1 Å². The van der Waals surface area contributed by atoms with E-state index in [0.29, 0.717) is 47.1 Å². The number of nitrogens with zero attached hydrogens (tertiary/aromatic N) is 2. The summed E-state index contributed by atoms with van der Waals surface area (Å²) in [7, 11) is 1.56. The van der Waals surface area contributed by atoms with Gasteiger partial charge in [-0.05, 0) is 51.5 Å². The molecule has 0 radical (unpaired) electrons. The van der Waals surface area contributed by atoms with Crippen LogP contribution in [0.5, 0.6) is 5.75 Å². The molecule has 0 aliphatic rings. The van der Waals surface area contributed by atoms with Gasteiger partial charge < -0.3 is 14.8 Å². The number of hydrogen-bond donors (Lipinski definition) is 1. The summed E-state index contributed by atoms with van der Waals surface area (Å²) in [5.74, 6) is 0.389. The number of methoxy groups -OCH3 is 1. The molecule has 0 aliphatic carbocycles. The quantitative estimate of drug-likeness (QED) is 0.278. The van der Waals surface area contributed by atoms with Crippen LogP contribution in [0.25, 0.3) is 10.9 Å². The summed E-state index contributed by atoms with van der Waals surface area (Å²) < 4.78 is 12.6. The van der Waals surface area contributed by atoms with E-state index in [2.05, 4.69) is 5.32 Å². The average Bonchev–Trinajstić information content (AvgIpc) is 2.78. The van der Waals surface area contributed by atoms with Crippen molar-refractivity contribution in [3.8, 4) is 5.75 Å². The number of carbonyl (C=O) groups excluding carboxylic acids is 1. The van der Waals surface area contributed by atoms with Gasteiger partial charge in [0.25, 0.3) is 5.56 Å². The van der Waals surface area contributed by atoms with Crippen LogP contribution in [0.1, 0.15) is 27.2 Å². The molecule has 8 heteroatoms. The number of anilines is 1. The van der Waals surface area contributed by atoms with E-state index in [1.807, 2.05) is 44.2 Å². The summed E-state index contributed by atoms with van der Waals surface area (Å²) in [6.45, 7) is 6.76. The Morgan fingerprint density at radius 1 is 1.12 bits per heavy atom. The van der Waals surface area contributed by atoms with Crippen molar-refractivity contribution in [2.45, 2.75) is 50.2 Å². The van der Waals surface area contributed by atoms with Crippen LogP contribution in [0.3, 0.4) is 0 Å². The molecule has 1 N–H and O–H groups in total. The molecule has 1 unspecified atom stereocenters. The van der Waals surface area contributed by atoms with Crippen molar-refractivity contribution < 1.29 is 14.3 Å². The minimum Gasteiger partial charge on any atom is -0.495 e. The molecule has 1 heterocycles. The molecular formula is C24H29N3O4S. The first-order valence-electron chi connectivity index (χ1n) is 10.6. The molecule has 32 heavy (non-hydrogen) atoms. The van der Waals surface area contributed by atoms with Gasteiger partial charge in [-0.2, -0.15) is 0 Å². The summed E-state index contributed by atoms with van der Waals surface area (Å²) in [6, 6.07) is 14.5. The highest BCUT2D eigenvalue weighted by Crippen LogP contribution is 2.27. The molecule has 1 amide bonds. The lowest BCUT2D eigenvalue weighted by Crippen LogP contribution is -2.27. The van der Waals surface area contributed by atoms with E-state index in [9.17, 15) is 9.59 Å². The lowest BCUT2D eigenvalue weighted by Gasteiger charge is -2.17. The summed E-state index contributed by atoms with van der Waals surface area (Å²) in [5, 5.41) is 3.49. The number of para-hydroxylation sites is 3. The zero-order valence-corrected chi connectivity index (χ0v) is 19.6. The summed E-state index contributed by atoms with van der Waals surface area (Å²) in [5.41, 5.74) is 1.11. The lowest BCUT2D eigenvalue weighted by molar-refractivity contribution is -0.115. The maximum absolute atomic E-state index is 13.2. The molecule has 0 spiro atoms. The Morgan fingerprint density at radius 2 is 1.84 bits per heavy atom. The molecule has 0 saturated heterocycles. The van der Waals surface area contributed by atoms with Gasteiger partial charge in [-0.15, -0.1) is 0 Å². The highest BCUT2D eigenvalue weighted by Gasteiger charge is 2.20. The number of aromatic nitrogens is 2. The maximum Gasteiger partial charge on any atom is 0.262 e. The van der Waals surface area contributed by atoms with E-state index in [1.165, 1.54) is 11.8 Å². The van der Waals surface area contributed by atoms with Gasteiger partial charge in [-0.1, -0.05) is 36.0 Å². The van der Waals surface area contributed by atoms with E-state index in [4.69, 9.17) is 14.5 Å². The smallest absolute Gasteiger partial charge is 0.262 e. The predicted octanol–water partition coefficient (Wildman–Crippen LogP) is 4.34. The molecule has 1 atom stereocenters. The summed E-state index contributed by atoms with van der Waals surface area (Å²) in [6.07, 6.45) is 0.807. The van der Waals surface area contributed by atoms with Crippen molar-refractivity contribution in [1.29, 1.82) is 0 Å². The van der Waals surface area contributed by atoms with E-state index < -0.39 is 5.25 Å². The van der Waals surface area contributed by atoms with Gasteiger partial charge in [0.1, 0.15) is 5.75 Å². The number of nitrogens with one attached hydrogen (secondary N) is 1. The molecule has 170 valence electrons. The van der Waals surface area contributed by atoms with E-state index >= 15 is 0 Å². The Labute approximate surface area is 192 Å². The van der Waals surface area contributed by atoms with Gasteiger partial charge in [0.2, 0.25) is 5.91 Å². The van der Waals surface area contributed by atoms with Crippen LogP contribution in [0.4, 0.5) is 5.69 Å². The molecule has 1 aromatic heterocycles. The second-order valence-electron chi connectivity index (χ2n) is 7.59. The van der Waals surface area contributed by atoms with Gasteiger partial charge in [0.15, 0.2) is 5.16 Å². The van der Waals surface area contributed by atoms with Crippen molar-refractivity contribution in [3.63, 3.8) is 0 Å². The Bertz CT molecular complexity index is 1130. The molecule has 2 aromatic carbocycles. The van der Waals surface area contributed by atoms with E-state index in [-0.39, 0.29) is 17.6 Å². The first-order chi connectivity index (χ1) is 15.4. The summed E-state index contributed by atoms with van der Waals surface area (Å²) in [4.78, 5) is 30.7. The zero-order valence-electron chi connectivity index (χ0n) is 18.8. The Morgan fingerprint density at radius 3 is 2.59 bits per heavy atom. The fourth-order valence-corrected chi connectivity index (χ4v) is 4.11. The molecule has 0 fully saturated rings. The number of benzene rings is 2. The van der Waals surface area contributed by atoms with Crippen molar-refractivity contribution in [1.82, 2.24) is 9.55 Å². The zero-order chi connectivity index (χ0) is 23.1. The number of fused-ring (bicyclic) bond motifs is 1. The third-order valence-electron chi connectivity index (χ3n) is 4.82. The van der Waals surface area contributed by atoms with E-state index in [1.54, 1.807) is 36.8 Å². The Balaban J connectivity index is 1.83. The predicted molar refractivity (Wildman–Crippen MR) is 129 cm³/mol. The lowest BCUT2D eigenvalue weighted by atomic mass is 10.2. The SMILES string of the molecule is COc1ccccc1NC(=O)C(C)Sc1nc2ccccc2c(=O)n1CCCOC(C)C. The standard InChI is InChI=1S/C24H29N3O4S/c1-16(2)31-15-9-14-27-23(29)18-10-5-6-11-19(18)26-24(27)32-17(3)22(28)25-20-12-7-8-13-21(20)30-4/h5-8,10-13,16-17H,9,14-15H2,1-4H3,(H,25,28). The first-order valence-corrected chi connectivity index (χ1v) is 11.5. The number of rotatable bonds is 10. The normalized spacial score (nSPS) is 12.2. The third kappa shape index (κ3) is 5.89. The van der Waals surface area contributed by atoms with Crippen LogP contribution >= 0.6 is 11.8 Å². The van der Waals surface area contributed by atoms with Crippen LogP contribution < -0.4 is 15.6 Å².